The van der Waals surface area contributed by atoms with Crippen molar-refractivity contribution in [2.24, 2.45) is 0 Å². The molecule has 1 aromatic rings. The molecule has 0 aliphatic heterocycles. The van der Waals surface area contributed by atoms with Gasteiger partial charge in [-0.3, -0.25) is 0 Å². The van der Waals surface area contributed by atoms with E-state index in [1.807, 2.05) is 11.8 Å². The second-order valence-corrected chi connectivity index (χ2v) is 6.50. The van der Waals surface area contributed by atoms with Gasteiger partial charge in [0.25, 0.3) is 0 Å². The number of nitriles is 1. The molecule has 0 heterocycles. The van der Waals surface area contributed by atoms with E-state index in [1.165, 1.54) is 12.8 Å². The van der Waals surface area contributed by atoms with Gasteiger partial charge in [0, 0.05) is 23.4 Å². The fourth-order valence-corrected chi connectivity index (χ4v) is 3.67. The van der Waals surface area contributed by atoms with Crippen molar-refractivity contribution in [2.75, 3.05) is 12.8 Å². The Morgan fingerprint density at radius 3 is 2.40 bits per heavy atom. The molecule has 1 aliphatic carbocycles. The van der Waals surface area contributed by atoms with Crippen LogP contribution in [0.25, 0.3) is 0 Å². The van der Waals surface area contributed by atoms with Crippen LogP contribution in [0, 0.1) is 23.0 Å². The molecule has 1 aliphatic rings. The summed E-state index contributed by atoms with van der Waals surface area (Å²) in [5.41, 5.74) is 0.0263. The Balaban J connectivity index is 1.99. The van der Waals surface area contributed by atoms with Gasteiger partial charge in [-0.25, -0.2) is 8.78 Å². The molecule has 2 nitrogen and oxygen atoms in total. The first-order valence-electron chi connectivity index (χ1n) is 6.74. The first kappa shape index (κ1) is 15.3. The maximum atomic E-state index is 13.7. The van der Waals surface area contributed by atoms with Crippen LogP contribution >= 0.6 is 11.8 Å². The molecule has 1 N–H and O–H groups in total. The van der Waals surface area contributed by atoms with E-state index in [0.29, 0.717) is 0 Å². The molecule has 0 amide bonds. The summed E-state index contributed by atoms with van der Waals surface area (Å²) in [5.74, 6) is -1.31. The highest BCUT2D eigenvalue weighted by molar-refractivity contribution is 8.00. The van der Waals surface area contributed by atoms with Gasteiger partial charge in [-0.2, -0.15) is 17.0 Å². The van der Waals surface area contributed by atoms with Gasteiger partial charge in [0.05, 0.1) is 11.6 Å². The number of nitrogens with one attached hydrogen (secondary N) is 1. The summed E-state index contributed by atoms with van der Waals surface area (Å²) < 4.78 is 27.7. The van der Waals surface area contributed by atoms with Crippen LogP contribution in [0.3, 0.4) is 0 Å². The molecule has 2 rings (SSSR count). The number of rotatable bonds is 5. The normalized spacial score (nSPS) is 17.1. The zero-order valence-corrected chi connectivity index (χ0v) is 12.3. The predicted octanol–water partition coefficient (Wildman–Crippen LogP) is 3.60. The van der Waals surface area contributed by atoms with E-state index < -0.39 is 11.6 Å². The third-order valence-electron chi connectivity index (χ3n) is 3.97. The maximum Gasteiger partial charge on any atom is 0.131 e. The lowest BCUT2D eigenvalue weighted by atomic mass is 10.1. The Morgan fingerprint density at radius 1 is 1.30 bits per heavy atom. The highest BCUT2D eigenvalue weighted by atomic mass is 32.2. The fourth-order valence-electron chi connectivity index (χ4n) is 2.72. The number of benzene rings is 1. The minimum absolute atomic E-state index is 0.0123. The molecular formula is C15H18F2N2S. The molecule has 0 radical (unpaired) electrons. The monoisotopic (exact) mass is 296 g/mol. The van der Waals surface area contributed by atoms with Crippen LogP contribution in [0.4, 0.5) is 8.78 Å². The van der Waals surface area contributed by atoms with Gasteiger partial charge in [0.15, 0.2) is 0 Å². The van der Waals surface area contributed by atoms with Crippen molar-refractivity contribution >= 4 is 11.8 Å². The smallest absolute Gasteiger partial charge is 0.131 e. The van der Waals surface area contributed by atoms with Crippen LogP contribution in [-0.4, -0.2) is 17.5 Å². The van der Waals surface area contributed by atoms with Gasteiger partial charge in [0.2, 0.25) is 0 Å². The lowest BCUT2D eigenvalue weighted by Gasteiger charge is -2.27. The Labute approximate surface area is 122 Å². The number of halogens is 2. The first-order valence-corrected chi connectivity index (χ1v) is 7.96. The molecule has 0 saturated heterocycles. The number of nitrogens with zero attached hydrogens (tertiary/aromatic N) is 1. The van der Waals surface area contributed by atoms with Crippen molar-refractivity contribution in [3.05, 3.63) is 34.9 Å². The molecule has 0 atom stereocenters. The van der Waals surface area contributed by atoms with Gasteiger partial charge in [-0.1, -0.05) is 12.8 Å². The van der Waals surface area contributed by atoms with Crippen LogP contribution in [0.5, 0.6) is 0 Å². The van der Waals surface area contributed by atoms with Crippen LogP contribution < -0.4 is 5.32 Å². The summed E-state index contributed by atoms with van der Waals surface area (Å²) in [6.45, 7) is 0.915. The number of hydrogen-bond acceptors (Lipinski definition) is 3. The second kappa shape index (κ2) is 6.55. The van der Waals surface area contributed by atoms with Crippen molar-refractivity contribution in [1.82, 2.24) is 5.32 Å². The van der Waals surface area contributed by atoms with E-state index in [-0.39, 0.29) is 22.4 Å². The standard InChI is InChI=1S/C15H18F2N2S/c1-20-15(4-2-3-5-15)10-19-9-12-13(16)6-11(8-18)7-14(12)17/h6-7,19H,2-5,9-10H2,1H3. The zero-order valence-electron chi connectivity index (χ0n) is 11.5. The third kappa shape index (κ3) is 3.31. The summed E-state index contributed by atoms with van der Waals surface area (Å²) in [6.07, 6.45) is 6.85. The zero-order chi connectivity index (χ0) is 14.6. The van der Waals surface area contributed by atoms with Crippen LogP contribution in [0.1, 0.15) is 36.8 Å². The highest BCUT2D eigenvalue weighted by Crippen LogP contribution is 2.39. The lowest BCUT2D eigenvalue weighted by molar-refractivity contribution is 0.500. The van der Waals surface area contributed by atoms with Crippen LogP contribution in [0.15, 0.2) is 12.1 Å². The first-order chi connectivity index (χ1) is 9.60. The number of thioether (sulfide) groups is 1. The van der Waals surface area contributed by atoms with Gasteiger partial charge in [-0.05, 0) is 31.2 Å². The van der Waals surface area contributed by atoms with Crippen LogP contribution in [0.2, 0.25) is 0 Å². The summed E-state index contributed by atoms with van der Waals surface area (Å²) in [6, 6.07) is 3.91. The van der Waals surface area contributed by atoms with E-state index in [1.54, 1.807) is 6.07 Å². The summed E-state index contributed by atoms with van der Waals surface area (Å²) in [4.78, 5) is 0. The molecule has 20 heavy (non-hydrogen) atoms. The molecular weight excluding hydrogens is 278 g/mol. The molecule has 0 spiro atoms. The van der Waals surface area contributed by atoms with Gasteiger partial charge in [0.1, 0.15) is 11.6 Å². The van der Waals surface area contributed by atoms with Crippen LogP contribution in [-0.2, 0) is 6.54 Å². The van der Waals surface area contributed by atoms with Gasteiger partial charge >= 0.3 is 0 Å². The minimum atomic E-state index is -0.654. The SMILES string of the molecule is CSC1(CNCc2c(F)cc(C#N)cc2F)CCCC1. The average Bonchev–Trinajstić information content (AvgIpc) is 2.91. The molecule has 1 saturated carbocycles. The highest BCUT2D eigenvalue weighted by Gasteiger charge is 2.32. The van der Waals surface area contributed by atoms with E-state index in [4.69, 9.17) is 5.26 Å². The van der Waals surface area contributed by atoms with Crippen molar-refractivity contribution in [3.8, 4) is 6.07 Å². The molecule has 1 aromatic carbocycles. The average molecular weight is 296 g/mol. The van der Waals surface area contributed by atoms with E-state index >= 15 is 0 Å². The Kier molecular flexibility index (Phi) is 5.00. The second-order valence-electron chi connectivity index (χ2n) is 5.23. The molecule has 108 valence electrons. The molecule has 0 bridgehead atoms. The molecule has 5 heteroatoms. The van der Waals surface area contributed by atoms with Crippen molar-refractivity contribution < 1.29 is 8.78 Å². The molecule has 1 fully saturated rings. The topological polar surface area (TPSA) is 35.8 Å². The number of hydrogen-bond donors (Lipinski definition) is 1. The van der Waals surface area contributed by atoms with Gasteiger partial charge < -0.3 is 5.32 Å². The maximum absolute atomic E-state index is 13.7. The quantitative estimate of drug-likeness (QED) is 0.901. The van der Waals surface area contributed by atoms with Crippen molar-refractivity contribution in [2.45, 2.75) is 37.0 Å². The lowest BCUT2D eigenvalue weighted by Crippen LogP contribution is -2.35. The van der Waals surface area contributed by atoms with E-state index in [2.05, 4.69) is 11.6 Å². The third-order valence-corrected chi connectivity index (χ3v) is 5.39. The molecule has 0 aromatic heterocycles. The molecule has 0 unspecified atom stereocenters. The van der Waals surface area contributed by atoms with Crippen molar-refractivity contribution in [1.29, 1.82) is 5.26 Å². The Bertz CT molecular complexity index is 496. The minimum Gasteiger partial charge on any atom is -0.311 e. The summed E-state index contributed by atoms with van der Waals surface area (Å²) in [7, 11) is 0. The van der Waals surface area contributed by atoms with Crippen molar-refractivity contribution in [3.63, 3.8) is 0 Å². The summed E-state index contributed by atoms with van der Waals surface area (Å²) in [5, 5.41) is 11.8. The van der Waals surface area contributed by atoms with E-state index in [0.717, 1.165) is 31.5 Å². The predicted molar refractivity (Wildman–Crippen MR) is 77.5 cm³/mol. The van der Waals surface area contributed by atoms with Gasteiger partial charge in [-0.15, -0.1) is 0 Å². The Morgan fingerprint density at radius 2 is 1.90 bits per heavy atom. The Hall–Kier alpha value is -1.12. The largest absolute Gasteiger partial charge is 0.311 e. The fraction of sp³-hybridized carbons (Fsp3) is 0.533. The van der Waals surface area contributed by atoms with E-state index in [9.17, 15) is 8.78 Å². The summed E-state index contributed by atoms with van der Waals surface area (Å²) >= 11 is 1.84.